The lowest BCUT2D eigenvalue weighted by molar-refractivity contribution is -0.147. The van der Waals surface area contributed by atoms with Crippen LogP contribution in [0.3, 0.4) is 0 Å². The van der Waals surface area contributed by atoms with Crippen molar-refractivity contribution in [2.24, 2.45) is 0 Å². The van der Waals surface area contributed by atoms with Crippen molar-refractivity contribution in [2.45, 2.75) is 45.3 Å². The molecule has 0 aliphatic carbocycles. The summed E-state index contributed by atoms with van der Waals surface area (Å²) in [4.78, 5) is 0. The standard InChI is InChI=1S/C9H18O2.C6H6.H2O/c1-3-4-5-6-9(2)10-7-8-11-9;1-2-4-6-5-3-1;/h3-8H2,1-2H3;1-6H;1H2. The minimum Gasteiger partial charge on any atom is -0.412 e. The first-order chi connectivity index (χ1) is 8.27. The second-order valence-electron chi connectivity index (χ2n) is 4.44. The third-order valence-electron chi connectivity index (χ3n) is 2.80. The summed E-state index contributed by atoms with van der Waals surface area (Å²) in [7, 11) is 0. The van der Waals surface area contributed by atoms with E-state index in [9.17, 15) is 0 Å². The molecule has 3 nitrogen and oxygen atoms in total. The highest BCUT2D eigenvalue weighted by atomic mass is 16.7. The molecule has 1 aromatic rings. The Kier molecular flexibility index (Phi) is 9.56. The van der Waals surface area contributed by atoms with Crippen LogP contribution >= 0.6 is 0 Å². The Morgan fingerprint density at radius 3 is 1.72 bits per heavy atom. The zero-order valence-electron chi connectivity index (χ0n) is 11.5. The molecule has 0 radical (unpaired) electrons. The van der Waals surface area contributed by atoms with Gasteiger partial charge in [-0.25, -0.2) is 0 Å². The van der Waals surface area contributed by atoms with Gasteiger partial charge in [-0.2, -0.15) is 0 Å². The van der Waals surface area contributed by atoms with Gasteiger partial charge in [0.25, 0.3) is 0 Å². The van der Waals surface area contributed by atoms with Crippen LogP contribution in [0.2, 0.25) is 0 Å². The van der Waals surface area contributed by atoms with Crippen molar-refractivity contribution in [3.63, 3.8) is 0 Å². The van der Waals surface area contributed by atoms with Crippen LogP contribution in [-0.2, 0) is 9.47 Å². The monoisotopic (exact) mass is 254 g/mol. The molecule has 1 heterocycles. The van der Waals surface area contributed by atoms with E-state index < -0.39 is 0 Å². The highest BCUT2D eigenvalue weighted by Gasteiger charge is 2.29. The number of hydrogen-bond donors (Lipinski definition) is 0. The Labute approximate surface area is 110 Å². The summed E-state index contributed by atoms with van der Waals surface area (Å²) < 4.78 is 10.9. The minimum atomic E-state index is -0.255. The summed E-state index contributed by atoms with van der Waals surface area (Å²) in [6.45, 7) is 5.78. The first-order valence-corrected chi connectivity index (χ1v) is 6.55. The summed E-state index contributed by atoms with van der Waals surface area (Å²) in [6, 6.07) is 12.0. The molecular formula is C15H26O3. The molecule has 0 spiro atoms. The smallest absolute Gasteiger partial charge is 0.165 e. The van der Waals surface area contributed by atoms with Crippen molar-refractivity contribution in [2.75, 3.05) is 13.2 Å². The maximum Gasteiger partial charge on any atom is 0.165 e. The second-order valence-corrected chi connectivity index (χ2v) is 4.44. The van der Waals surface area contributed by atoms with Crippen molar-refractivity contribution >= 4 is 0 Å². The fourth-order valence-electron chi connectivity index (χ4n) is 1.78. The normalized spacial score (nSPS) is 16.3. The van der Waals surface area contributed by atoms with E-state index in [-0.39, 0.29) is 11.3 Å². The highest BCUT2D eigenvalue weighted by Crippen LogP contribution is 2.24. The van der Waals surface area contributed by atoms with Crippen molar-refractivity contribution < 1.29 is 14.9 Å². The van der Waals surface area contributed by atoms with Gasteiger partial charge in [-0.15, -0.1) is 0 Å². The van der Waals surface area contributed by atoms with Crippen LogP contribution in [0.5, 0.6) is 0 Å². The Morgan fingerprint density at radius 1 is 0.889 bits per heavy atom. The quantitative estimate of drug-likeness (QED) is 0.775. The third-order valence-corrected chi connectivity index (χ3v) is 2.80. The van der Waals surface area contributed by atoms with Gasteiger partial charge in [-0.3, -0.25) is 0 Å². The summed E-state index contributed by atoms with van der Waals surface area (Å²) in [6.07, 6.45) is 4.80. The number of unbranched alkanes of at least 4 members (excludes halogenated alkanes) is 2. The Morgan fingerprint density at radius 2 is 1.33 bits per heavy atom. The highest BCUT2D eigenvalue weighted by molar-refractivity contribution is 4.99. The fourth-order valence-corrected chi connectivity index (χ4v) is 1.78. The number of benzene rings is 1. The van der Waals surface area contributed by atoms with E-state index in [1.807, 2.05) is 43.3 Å². The van der Waals surface area contributed by atoms with Crippen LogP contribution in [0.4, 0.5) is 0 Å². The molecule has 0 unspecified atom stereocenters. The molecule has 1 aliphatic heterocycles. The third kappa shape index (κ3) is 7.43. The number of rotatable bonds is 4. The van der Waals surface area contributed by atoms with Crippen molar-refractivity contribution in [3.05, 3.63) is 36.4 Å². The lowest BCUT2D eigenvalue weighted by Crippen LogP contribution is -2.24. The molecule has 3 heteroatoms. The maximum atomic E-state index is 5.46. The minimum absolute atomic E-state index is 0. The average molecular weight is 254 g/mol. The Hall–Kier alpha value is -0.900. The van der Waals surface area contributed by atoms with Crippen LogP contribution in [0, 0.1) is 0 Å². The average Bonchev–Trinajstić information content (AvgIpc) is 2.80. The van der Waals surface area contributed by atoms with Gasteiger partial charge in [0.1, 0.15) is 0 Å². The van der Waals surface area contributed by atoms with Crippen molar-refractivity contribution in [3.8, 4) is 0 Å². The first-order valence-electron chi connectivity index (χ1n) is 6.55. The van der Waals surface area contributed by atoms with E-state index in [1.54, 1.807) is 0 Å². The molecule has 0 amide bonds. The van der Waals surface area contributed by atoms with Crippen LogP contribution in [0.25, 0.3) is 0 Å². The maximum absolute atomic E-state index is 5.46. The molecule has 0 atom stereocenters. The molecule has 1 fully saturated rings. The zero-order chi connectivity index (χ0) is 12.4. The number of hydrogen-bond acceptors (Lipinski definition) is 2. The van der Waals surface area contributed by atoms with Gasteiger partial charge in [0.15, 0.2) is 5.79 Å². The van der Waals surface area contributed by atoms with Gasteiger partial charge in [0, 0.05) is 6.42 Å². The number of ether oxygens (including phenoxy) is 2. The van der Waals surface area contributed by atoms with Gasteiger partial charge < -0.3 is 14.9 Å². The predicted molar refractivity (Wildman–Crippen MR) is 74.5 cm³/mol. The lowest BCUT2D eigenvalue weighted by atomic mass is 10.1. The fraction of sp³-hybridized carbons (Fsp3) is 0.600. The largest absolute Gasteiger partial charge is 0.412 e. The van der Waals surface area contributed by atoms with Gasteiger partial charge in [-0.05, 0) is 13.3 Å². The zero-order valence-corrected chi connectivity index (χ0v) is 11.5. The van der Waals surface area contributed by atoms with Crippen LogP contribution in [-0.4, -0.2) is 24.5 Å². The van der Waals surface area contributed by atoms with E-state index in [0.29, 0.717) is 0 Å². The topological polar surface area (TPSA) is 50.0 Å². The summed E-state index contributed by atoms with van der Waals surface area (Å²) in [5, 5.41) is 0. The molecular weight excluding hydrogens is 228 g/mol. The van der Waals surface area contributed by atoms with Gasteiger partial charge in [-0.1, -0.05) is 56.2 Å². The molecule has 1 aromatic carbocycles. The molecule has 1 aliphatic rings. The molecule has 2 rings (SSSR count). The van der Waals surface area contributed by atoms with Crippen LogP contribution in [0.1, 0.15) is 39.5 Å². The van der Waals surface area contributed by atoms with Gasteiger partial charge in [0.2, 0.25) is 0 Å². The molecule has 0 bridgehead atoms. The molecule has 0 aromatic heterocycles. The van der Waals surface area contributed by atoms with Crippen molar-refractivity contribution in [1.82, 2.24) is 0 Å². The predicted octanol–water partition coefficient (Wildman–Crippen LogP) is 3.19. The molecule has 104 valence electrons. The van der Waals surface area contributed by atoms with E-state index in [0.717, 1.165) is 19.6 Å². The lowest BCUT2D eigenvalue weighted by Gasteiger charge is -2.21. The first kappa shape index (κ1) is 17.1. The van der Waals surface area contributed by atoms with Crippen LogP contribution in [0.15, 0.2) is 36.4 Å². The van der Waals surface area contributed by atoms with Crippen LogP contribution < -0.4 is 0 Å². The van der Waals surface area contributed by atoms with Gasteiger partial charge >= 0.3 is 0 Å². The summed E-state index contributed by atoms with van der Waals surface area (Å²) in [5.74, 6) is -0.255. The van der Waals surface area contributed by atoms with E-state index in [2.05, 4.69) is 6.92 Å². The SMILES string of the molecule is CCCCCC1(C)OCCO1.O.c1ccccc1. The molecule has 0 saturated carbocycles. The molecule has 2 N–H and O–H groups in total. The Bertz CT molecular complexity index is 242. The van der Waals surface area contributed by atoms with Crippen molar-refractivity contribution in [1.29, 1.82) is 0 Å². The van der Waals surface area contributed by atoms with E-state index in [4.69, 9.17) is 9.47 Å². The molecule has 18 heavy (non-hydrogen) atoms. The Balaban J connectivity index is 0.000000352. The summed E-state index contributed by atoms with van der Waals surface area (Å²) >= 11 is 0. The second kappa shape index (κ2) is 10.1. The molecule has 1 saturated heterocycles. The van der Waals surface area contributed by atoms with E-state index >= 15 is 0 Å². The van der Waals surface area contributed by atoms with Gasteiger partial charge in [0.05, 0.1) is 13.2 Å². The van der Waals surface area contributed by atoms with E-state index in [1.165, 1.54) is 19.3 Å². The summed E-state index contributed by atoms with van der Waals surface area (Å²) in [5.41, 5.74) is 0.